The molecule has 0 heterocycles. The van der Waals surface area contributed by atoms with Crippen LogP contribution in [0.4, 0.5) is 5.69 Å². The Morgan fingerprint density at radius 1 is 1.16 bits per heavy atom. The van der Waals surface area contributed by atoms with Crippen molar-refractivity contribution in [1.29, 1.82) is 0 Å². The van der Waals surface area contributed by atoms with Crippen molar-refractivity contribution in [3.05, 3.63) is 58.1 Å². The number of benzene rings is 2. The molecule has 2 aromatic carbocycles. The summed E-state index contributed by atoms with van der Waals surface area (Å²) < 4.78 is 10.5. The maximum Gasteiger partial charge on any atom is 0.338 e. The molecular formula is C18H17Cl2NO4. The second-order valence-electron chi connectivity index (χ2n) is 5.13. The van der Waals surface area contributed by atoms with Crippen molar-refractivity contribution in [3.8, 4) is 5.75 Å². The van der Waals surface area contributed by atoms with Crippen LogP contribution in [-0.4, -0.2) is 24.6 Å². The van der Waals surface area contributed by atoms with E-state index in [9.17, 15) is 9.59 Å². The maximum absolute atomic E-state index is 12.3. The highest BCUT2D eigenvalue weighted by atomic mass is 35.5. The van der Waals surface area contributed by atoms with Crippen LogP contribution >= 0.6 is 23.2 Å². The van der Waals surface area contributed by atoms with E-state index in [-0.39, 0.29) is 12.5 Å². The molecule has 0 bridgehead atoms. The zero-order chi connectivity index (χ0) is 18.4. The van der Waals surface area contributed by atoms with E-state index < -0.39 is 12.1 Å². The molecule has 0 spiro atoms. The predicted molar refractivity (Wildman–Crippen MR) is 97.6 cm³/mol. The average Bonchev–Trinajstić information content (AvgIpc) is 2.57. The average molecular weight is 382 g/mol. The van der Waals surface area contributed by atoms with Crippen molar-refractivity contribution >= 4 is 40.8 Å². The molecule has 0 saturated heterocycles. The minimum Gasteiger partial charge on any atom is -0.479 e. The molecule has 0 saturated carbocycles. The van der Waals surface area contributed by atoms with E-state index in [1.165, 1.54) is 12.1 Å². The Kier molecular flexibility index (Phi) is 6.67. The summed E-state index contributed by atoms with van der Waals surface area (Å²) in [5, 5.41) is 3.48. The van der Waals surface area contributed by atoms with Gasteiger partial charge in [-0.3, -0.25) is 4.79 Å². The van der Waals surface area contributed by atoms with Gasteiger partial charge in [-0.2, -0.15) is 0 Å². The number of hydrogen-bond donors (Lipinski definition) is 1. The molecule has 5 nitrogen and oxygen atoms in total. The lowest BCUT2D eigenvalue weighted by atomic mass is 10.2. The molecule has 0 aliphatic carbocycles. The van der Waals surface area contributed by atoms with Crippen LogP contribution in [0.2, 0.25) is 10.0 Å². The quantitative estimate of drug-likeness (QED) is 0.743. The number of nitrogens with one attached hydrogen (secondary N) is 1. The van der Waals surface area contributed by atoms with E-state index in [4.69, 9.17) is 32.7 Å². The molecule has 1 atom stereocenters. The van der Waals surface area contributed by atoms with Gasteiger partial charge in [-0.25, -0.2) is 4.79 Å². The number of carbonyl (C=O) groups excluding carboxylic acids is 2. The van der Waals surface area contributed by atoms with Gasteiger partial charge in [-0.05, 0) is 50.2 Å². The van der Waals surface area contributed by atoms with Crippen LogP contribution in [0.5, 0.6) is 5.75 Å². The minimum absolute atomic E-state index is 0.280. The molecule has 2 aromatic rings. The summed E-state index contributed by atoms with van der Waals surface area (Å²) in [4.78, 5) is 24.0. The van der Waals surface area contributed by atoms with Gasteiger partial charge in [-0.15, -0.1) is 0 Å². The molecule has 0 unspecified atom stereocenters. The van der Waals surface area contributed by atoms with E-state index in [0.29, 0.717) is 27.0 Å². The van der Waals surface area contributed by atoms with Crippen molar-refractivity contribution in [1.82, 2.24) is 0 Å². The molecule has 0 fully saturated rings. The van der Waals surface area contributed by atoms with Crippen LogP contribution in [0.25, 0.3) is 0 Å². The Morgan fingerprint density at radius 2 is 1.92 bits per heavy atom. The van der Waals surface area contributed by atoms with Gasteiger partial charge in [0.1, 0.15) is 5.75 Å². The fourth-order valence-electron chi connectivity index (χ4n) is 2.00. The summed E-state index contributed by atoms with van der Waals surface area (Å²) in [5.41, 5.74) is 0.821. The first-order valence-corrected chi connectivity index (χ1v) is 8.36. The number of hydrogen-bond acceptors (Lipinski definition) is 4. The Hall–Kier alpha value is -2.24. The van der Waals surface area contributed by atoms with Gasteiger partial charge in [0.15, 0.2) is 6.10 Å². The second kappa shape index (κ2) is 8.74. The number of halogens is 2. The molecular weight excluding hydrogens is 365 g/mol. The molecule has 0 radical (unpaired) electrons. The van der Waals surface area contributed by atoms with Gasteiger partial charge in [0.05, 0.1) is 17.2 Å². The normalized spacial score (nSPS) is 11.5. The van der Waals surface area contributed by atoms with Gasteiger partial charge >= 0.3 is 5.97 Å². The number of rotatable bonds is 6. The third-order valence-corrected chi connectivity index (χ3v) is 3.74. The summed E-state index contributed by atoms with van der Waals surface area (Å²) in [7, 11) is 0. The van der Waals surface area contributed by atoms with Gasteiger partial charge in [0, 0.05) is 10.7 Å². The molecule has 7 heteroatoms. The highest BCUT2D eigenvalue weighted by molar-refractivity contribution is 6.35. The maximum atomic E-state index is 12.3. The molecule has 0 aliphatic rings. The fraction of sp³-hybridized carbons (Fsp3) is 0.222. The van der Waals surface area contributed by atoms with E-state index in [1.807, 2.05) is 0 Å². The number of ether oxygens (including phenoxy) is 2. The Bertz CT molecular complexity index is 779. The Labute approximate surface area is 155 Å². The summed E-state index contributed by atoms with van der Waals surface area (Å²) in [5.74, 6) is -0.475. The van der Waals surface area contributed by atoms with Crippen LogP contribution in [0.3, 0.4) is 0 Å². The summed E-state index contributed by atoms with van der Waals surface area (Å²) in [6, 6.07) is 11.2. The van der Waals surface area contributed by atoms with Crippen LogP contribution in [0.1, 0.15) is 24.2 Å². The zero-order valence-corrected chi connectivity index (χ0v) is 15.2. The van der Waals surface area contributed by atoms with Gasteiger partial charge in [0.2, 0.25) is 0 Å². The molecule has 0 aromatic heterocycles. The third-order valence-electron chi connectivity index (χ3n) is 3.21. The fourth-order valence-corrected chi connectivity index (χ4v) is 2.45. The van der Waals surface area contributed by atoms with Gasteiger partial charge in [0.25, 0.3) is 5.91 Å². The van der Waals surface area contributed by atoms with Crippen LogP contribution < -0.4 is 10.1 Å². The van der Waals surface area contributed by atoms with Gasteiger partial charge in [-0.1, -0.05) is 29.3 Å². The van der Waals surface area contributed by atoms with E-state index in [2.05, 4.69) is 5.32 Å². The number of amides is 1. The molecule has 1 N–H and O–H groups in total. The van der Waals surface area contributed by atoms with Crippen LogP contribution in [0.15, 0.2) is 42.5 Å². The highest BCUT2D eigenvalue weighted by Gasteiger charge is 2.17. The lowest BCUT2D eigenvalue weighted by Gasteiger charge is -2.16. The van der Waals surface area contributed by atoms with Crippen molar-refractivity contribution in [2.24, 2.45) is 0 Å². The molecule has 2 rings (SSSR count). The van der Waals surface area contributed by atoms with Crippen LogP contribution in [0, 0.1) is 0 Å². The Balaban J connectivity index is 2.03. The van der Waals surface area contributed by atoms with Crippen LogP contribution in [-0.2, 0) is 9.53 Å². The summed E-state index contributed by atoms with van der Waals surface area (Å²) in [6.45, 7) is 3.60. The monoisotopic (exact) mass is 381 g/mol. The SMILES string of the molecule is CCOC(=O)c1cccc(NC(=O)[C@H](C)Oc2ccc(Cl)cc2Cl)c1. The van der Waals surface area contributed by atoms with Crippen molar-refractivity contribution in [2.75, 3.05) is 11.9 Å². The van der Waals surface area contributed by atoms with E-state index in [1.54, 1.807) is 44.2 Å². The zero-order valence-electron chi connectivity index (χ0n) is 13.7. The first-order valence-electron chi connectivity index (χ1n) is 7.60. The summed E-state index contributed by atoms with van der Waals surface area (Å²) in [6.07, 6.45) is -0.801. The molecule has 1 amide bonds. The second-order valence-corrected chi connectivity index (χ2v) is 5.97. The van der Waals surface area contributed by atoms with E-state index >= 15 is 0 Å². The smallest absolute Gasteiger partial charge is 0.338 e. The standard InChI is InChI=1S/C18H17Cl2NO4/c1-3-24-18(23)12-5-4-6-14(9-12)21-17(22)11(2)25-16-8-7-13(19)10-15(16)20/h4-11H,3H2,1-2H3,(H,21,22)/t11-/m0/s1. The summed E-state index contributed by atoms with van der Waals surface area (Å²) >= 11 is 11.9. The minimum atomic E-state index is -0.801. The van der Waals surface area contributed by atoms with Gasteiger partial charge < -0.3 is 14.8 Å². The predicted octanol–water partition coefficient (Wildman–Crippen LogP) is 4.58. The number of esters is 1. The van der Waals surface area contributed by atoms with Crippen molar-refractivity contribution in [3.63, 3.8) is 0 Å². The lowest BCUT2D eigenvalue weighted by Crippen LogP contribution is -2.30. The third kappa shape index (κ3) is 5.37. The first kappa shape index (κ1) is 19.1. The molecule has 0 aliphatic heterocycles. The highest BCUT2D eigenvalue weighted by Crippen LogP contribution is 2.28. The largest absolute Gasteiger partial charge is 0.479 e. The lowest BCUT2D eigenvalue weighted by molar-refractivity contribution is -0.122. The number of anilines is 1. The van der Waals surface area contributed by atoms with Crippen molar-refractivity contribution < 1.29 is 19.1 Å². The molecule has 132 valence electrons. The number of carbonyl (C=O) groups is 2. The molecule has 25 heavy (non-hydrogen) atoms. The van der Waals surface area contributed by atoms with E-state index in [0.717, 1.165) is 0 Å². The van der Waals surface area contributed by atoms with Crippen molar-refractivity contribution in [2.45, 2.75) is 20.0 Å². The topological polar surface area (TPSA) is 64.6 Å². The first-order chi connectivity index (χ1) is 11.9. The Morgan fingerprint density at radius 3 is 2.60 bits per heavy atom.